The molecule has 0 saturated heterocycles. The molecule has 0 spiro atoms. The van der Waals surface area contributed by atoms with E-state index < -0.39 is 54.5 Å². The van der Waals surface area contributed by atoms with Crippen LogP contribution in [0.3, 0.4) is 0 Å². The second-order valence-electron chi connectivity index (χ2n) is 9.44. The fraction of sp³-hybridized carbons (Fsp3) is 0.308. The lowest BCUT2D eigenvalue weighted by molar-refractivity contribution is -0.142. The number of nitrogens with zero attached hydrogens (tertiary/aromatic N) is 2. The normalized spacial score (nSPS) is 14.1. The number of aliphatic hydroxyl groups is 1. The Labute approximate surface area is 233 Å². The highest BCUT2D eigenvalue weighted by Gasteiger charge is 2.31. The molecule has 216 valence electrons. The van der Waals surface area contributed by atoms with Gasteiger partial charge in [0, 0.05) is 53.7 Å². The number of carbonyl (C=O) groups is 4. The number of hydrogen-bond donors (Lipinski definition) is 9. The highest BCUT2D eigenvalue weighted by Crippen LogP contribution is 2.18. The van der Waals surface area contributed by atoms with Crippen LogP contribution in [-0.2, 0) is 38.4 Å². The van der Waals surface area contributed by atoms with Crippen molar-refractivity contribution in [2.45, 2.75) is 43.4 Å². The summed E-state index contributed by atoms with van der Waals surface area (Å²) in [7, 11) is 0. The molecule has 3 heterocycles. The summed E-state index contributed by atoms with van der Waals surface area (Å²) < 4.78 is 0. The molecule has 15 heteroatoms. The standard InChI is InChI=1S/C26H31N9O6/c27-18(5-14-8-30-19-4-2-1-3-17(14)19)23(37)35-22(11-36)25(39)33-20(6-15-9-28-12-31-15)24(38)34-21(26(40)41)7-16-10-29-13-32-16/h1-4,8-10,12-13,18,20-22,30,36H,5-7,11,27H2,(H,28,31)(H,29,32)(H,33,39)(H,34,38)(H,35,37)(H,40,41). The number of nitrogens with one attached hydrogen (secondary N) is 6. The molecule has 3 aromatic heterocycles. The first-order valence-electron chi connectivity index (χ1n) is 12.7. The van der Waals surface area contributed by atoms with E-state index in [9.17, 15) is 29.4 Å². The number of amides is 3. The third-order valence-electron chi connectivity index (χ3n) is 6.47. The average Bonchev–Trinajstić information content (AvgIpc) is 3.74. The monoisotopic (exact) mass is 565 g/mol. The number of benzene rings is 1. The molecule has 4 aromatic rings. The molecule has 3 amide bonds. The highest BCUT2D eigenvalue weighted by molar-refractivity contribution is 5.94. The number of para-hydroxylation sites is 1. The summed E-state index contributed by atoms with van der Waals surface area (Å²) in [4.78, 5) is 67.3. The maximum atomic E-state index is 13.2. The molecule has 4 unspecified atom stereocenters. The fourth-order valence-electron chi connectivity index (χ4n) is 4.29. The van der Waals surface area contributed by atoms with Gasteiger partial charge in [-0.2, -0.15) is 0 Å². The van der Waals surface area contributed by atoms with Crippen molar-refractivity contribution in [1.29, 1.82) is 0 Å². The van der Waals surface area contributed by atoms with E-state index in [0.717, 1.165) is 16.5 Å². The molecule has 4 rings (SSSR count). The first-order chi connectivity index (χ1) is 19.7. The van der Waals surface area contributed by atoms with Crippen LogP contribution in [0.2, 0.25) is 0 Å². The van der Waals surface area contributed by atoms with E-state index in [1.807, 2.05) is 24.3 Å². The van der Waals surface area contributed by atoms with Gasteiger partial charge < -0.3 is 46.8 Å². The summed E-state index contributed by atoms with van der Waals surface area (Å²) in [5, 5.41) is 27.7. The van der Waals surface area contributed by atoms with Crippen molar-refractivity contribution >= 4 is 34.6 Å². The number of rotatable bonds is 14. The first-order valence-corrected chi connectivity index (χ1v) is 12.7. The van der Waals surface area contributed by atoms with E-state index in [-0.39, 0.29) is 19.3 Å². The number of aliphatic hydroxyl groups excluding tert-OH is 1. The van der Waals surface area contributed by atoms with Gasteiger partial charge in [0.05, 0.1) is 25.3 Å². The zero-order chi connectivity index (χ0) is 29.4. The number of aromatic nitrogens is 5. The summed E-state index contributed by atoms with van der Waals surface area (Å²) in [5.74, 6) is -3.62. The van der Waals surface area contributed by atoms with E-state index in [2.05, 4.69) is 40.9 Å². The van der Waals surface area contributed by atoms with Gasteiger partial charge in [-0.15, -0.1) is 0 Å². The number of hydrogen-bond acceptors (Lipinski definition) is 8. The van der Waals surface area contributed by atoms with Crippen LogP contribution in [0.1, 0.15) is 17.0 Å². The summed E-state index contributed by atoms with van der Waals surface area (Å²) in [5.41, 5.74) is 8.77. The van der Waals surface area contributed by atoms with E-state index in [1.54, 1.807) is 6.20 Å². The molecule has 10 N–H and O–H groups in total. The Morgan fingerprint density at radius 2 is 1.39 bits per heavy atom. The molecule has 0 saturated carbocycles. The molecule has 15 nitrogen and oxygen atoms in total. The number of carboxylic acid groups (broad SMARTS) is 1. The predicted molar refractivity (Wildman–Crippen MR) is 145 cm³/mol. The number of carboxylic acids is 1. The largest absolute Gasteiger partial charge is 0.480 e. The average molecular weight is 566 g/mol. The Balaban J connectivity index is 1.41. The van der Waals surface area contributed by atoms with Crippen LogP contribution in [0.5, 0.6) is 0 Å². The van der Waals surface area contributed by atoms with Gasteiger partial charge >= 0.3 is 5.97 Å². The van der Waals surface area contributed by atoms with E-state index >= 15 is 0 Å². The molecule has 0 radical (unpaired) electrons. The molecular weight excluding hydrogens is 534 g/mol. The first kappa shape index (κ1) is 29.0. The molecule has 0 bridgehead atoms. The van der Waals surface area contributed by atoms with Gasteiger partial charge in [0.1, 0.15) is 18.1 Å². The van der Waals surface area contributed by atoms with Crippen molar-refractivity contribution in [3.8, 4) is 0 Å². The van der Waals surface area contributed by atoms with Crippen LogP contribution >= 0.6 is 0 Å². The maximum Gasteiger partial charge on any atom is 0.326 e. The molecule has 0 aliphatic heterocycles. The zero-order valence-electron chi connectivity index (χ0n) is 21.8. The molecule has 0 fully saturated rings. The predicted octanol–water partition coefficient (Wildman–Crippen LogP) is -1.50. The molecule has 0 aliphatic rings. The minimum Gasteiger partial charge on any atom is -0.480 e. The van der Waals surface area contributed by atoms with Crippen molar-refractivity contribution in [3.05, 3.63) is 72.5 Å². The highest BCUT2D eigenvalue weighted by atomic mass is 16.4. The fourth-order valence-corrected chi connectivity index (χ4v) is 4.29. The SMILES string of the molecule is NC(Cc1c[nH]c2ccccc12)C(=O)NC(CO)C(=O)NC(Cc1cnc[nH]1)C(=O)NC(Cc1cnc[nH]1)C(=O)O. The Morgan fingerprint density at radius 3 is 2.00 bits per heavy atom. The van der Waals surface area contributed by atoms with Gasteiger partial charge in [0.25, 0.3) is 0 Å². The Bertz CT molecular complexity index is 1470. The number of carbonyl (C=O) groups excluding carboxylic acids is 3. The third-order valence-corrected chi connectivity index (χ3v) is 6.47. The summed E-state index contributed by atoms with van der Waals surface area (Å²) in [6, 6.07) is 2.49. The van der Waals surface area contributed by atoms with Crippen molar-refractivity contribution in [2.75, 3.05) is 6.61 Å². The number of aromatic amines is 3. The summed E-state index contributed by atoms with van der Waals surface area (Å²) >= 11 is 0. The van der Waals surface area contributed by atoms with E-state index in [4.69, 9.17) is 5.73 Å². The van der Waals surface area contributed by atoms with Crippen LogP contribution in [-0.4, -0.2) is 89.6 Å². The lowest BCUT2D eigenvalue weighted by Gasteiger charge is -2.24. The summed E-state index contributed by atoms with van der Waals surface area (Å²) in [6.45, 7) is -0.770. The van der Waals surface area contributed by atoms with E-state index in [1.165, 1.54) is 25.0 Å². The number of imidazole rings is 2. The molecule has 0 aliphatic carbocycles. The summed E-state index contributed by atoms with van der Waals surface area (Å²) in [6.07, 6.45) is 7.43. The smallest absolute Gasteiger partial charge is 0.326 e. The lowest BCUT2D eigenvalue weighted by Crippen LogP contribution is -2.58. The van der Waals surface area contributed by atoms with Gasteiger partial charge in [0.2, 0.25) is 17.7 Å². The second kappa shape index (κ2) is 13.4. The van der Waals surface area contributed by atoms with Gasteiger partial charge in [-0.25, -0.2) is 14.8 Å². The van der Waals surface area contributed by atoms with E-state index in [0.29, 0.717) is 11.4 Å². The lowest BCUT2D eigenvalue weighted by atomic mass is 10.0. The van der Waals surface area contributed by atoms with Crippen molar-refractivity contribution < 1.29 is 29.4 Å². The minimum absolute atomic E-state index is 0.0693. The molecular formula is C26H31N9O6. The molecule has 41 heavy (non-hydrogen) atoms. The third kappa shape index (κ3) is 7.55. The zero-order valence-corrected chi connectivity index (χ0v) is 21.8. The van der Waals surface area contributed by atoms with Gasteiger partial charge in [-0.05, 0) is 18.1 Å². The van der Waals surface area contributed by atoms with Crippen molar-refractivity contribution in [1.82, 2.24) is 40.9 Å². The molecule has 1 aromatic carbocycles. The number of fused-ring (bicyclic) bond motifs is 1. The minimum atomic E-state index is -1.42. The Morgan fingerprint density at radius 1 is 0.805 bits per heavy atom. The van der Waals surface area contributed by atoms with Crippen molar-refractivity contribution in [3.63, 3.8) is 0 Å². The quantitative estimate of drug-likeness (QED) is 0.0862. The van der Waals surface area contributed by atoms with Crippen LogP contribution in [0.4, 0.5) is 0 Å². The second-order valence-corrected chi connectivity index (χ2v) is 9.44. The van der Waals surface area contributed by atoms with Crippen LogP contribution in [0, 0.1) is 0 Å². The number of H-pyrrole nitrogens is 3. The molecule has 4 atom stereocenters. The number of nitrogens with two attached hydrogens (primary N) is 1. The van der Waals surface area contributed by atoms with Gasteiger partial charge in [-0.3, -0.25) is 14.4 Å². The Kier molecular flexibility index (Phi) is 9.44. The van der Waals surface area contributed by atoms with Gasteiger partial charge in [0.15, 0.2) is 0 Å². The Hall–Kier alpha value is -5.02. The topological polar surface area (TPSA) is 244 Å². The number of aliphatic carboxylic acids is 1. The maximum absolute atomic E-state index is 13.2. The van der Waals surface area contributed by atoms with Crippen LogP contribution in [0.25, 0.3) is 10.9 Å². The van der Waals surface area contributed by atoms with Crippen molar-refractivity contribution in [2.24, 2.45) is 5.73 Å². The van der Waals surface area contributed by atoms with Crippen LogP contribution in [0.15, 0.2) is 55.5 Å². The van der Waals surface area contributed by atoms with Gasteiger partial charge in [-0.1, -0.05) is 18.2 Å². The van der Waals surface area contributed by atoms with Crippen LogP contribution < -0.4 is 21.7 Å².